The Hall–Kier alpha value is -1.31. The smallest absolute Gasteiger partial charge is 0.207 e. The van der Waals surface area contributed by atoms with Crippen molar-refractivity contribution < 1.29 is 9.53 Å². The third-order valence-corrected chi connectivity index (χ3v) is 2.78. The molecule has 2 heteroatoms. The van der Waals surface area contributed by atoms with Crippen LogP contribution in [-0.4, -0.2) is 11.9 Å². The van der Waals surface area contributed by atoms with Crippen molar-refractivity contribution in [3.05, 3.63) is 29.3 Å². The summed E-state index contributed by atoms with van der Waals surface area (Å²) in [4.78, 5) is 11.9. The molecule has 0 N–H and O–H groups in total. The number of hydrogen-bond acceptors (Lipinski definition) is 2. The number of rotatable bonds is 3. The first-order valence-corrected chi connectivity index (χ1v) is 5.60. The van der Waals surface area contributed by atoms with Crippen molar-refractivity contribution in [3.63, 3.8) is 0 Å². The zero-order valence-corrected chi connectivity index (χ0v) is 9.25. The highest BCUT2D eigenvalue weighted by Gasteiger charge is 2.30. The highest BCUT2D eigenvalue weighted by molar-refractivity contribution is 6.04. The van der Waals surface area contributed by atoms with Crippen molar-refractivity contribution in [1.29, 1.82) is 0 Å². The van der Waals surface area contributed by atoms with E-state index in [2.05, 4.69) is 6.92 Å². The van der Waals surface area contributed by atoms with Gasteiger partial charge in [0, 0.05) is 0 Å². The minimum Gasteiger partial charge on any atom is -0.482 e. The summed E-state index contributed by atoms with van der Waals surface area (Å²) < 4.78 is 5.55. The number of carbonyl (C=O) groups excluding carboxylic acids is 1. The molecule has 1 aromatic carbocycles. The van der Waals surface area contributed by atoms with Gasteiger partial charge >= 0.3 is 0 Å². The highest BCUT2D eigenvalue weighted by Crippen LogP contribution is 2.30. The van der Waals surface area contributed by atoms with E-state index in [0.29, 0.717) is 0 Å². The van der Waals surface area contributed by atoms with Gasteiger partial charge < -0.3 is 4.74 Å². The van der Waals surface area contributed by atoms with Crippen LogP contribution in [0.4, 0.5) is 0 Å². The molecule has 0 aliphatic carbocycles. The lowest BCUT2D eigenvalue weighted by molar-refractivity contribution is 0.0853. The zero-order chi connectivity index (χ0) is 10.8. The monoisotopic (exact) mass is 204 g/mol. The lowest BCUT2D eigenvalue weighted by Crippen LogP contribution is -2.18. The van der Waals surface area contributed by atoms with E-state index in [0.717, 1.165) is 30.6 Å². The third-order valence-electron chi connectivity index (χ3n) is 2.78. The normalized spacial score (nSPS) is 18.8. The number of carbonyl (C=O) groups is 1. The Labute approximate surface area is 90.3 Å². The van der Waals surface area contributed by atoms with Crippen molar-refractivity contribution in [3.8, 4) is 5.75 Å². The van der Waals surface area contributed by atoms with E-state index in [-0.39, 0.29) is 11.9 Å². The molecule has 1 atom stereocenters. The van der Waals surface area contributed by atoms with Crippen molar-refractivity contribution >= 4 is 5.78 Å². The third kappa shape index (κ3) is 1.76. The molecular formula is C13H16O2. The summed E-state index contributed by atoms with van der Waals surface area (Å²) in [7, 11) is 0. The molecule has 2 rings (SSSR count). The van der Waals surface area contributed by atoms with E-state index in [4.69, 9.17) is 4.74 Å². The average molecular weight is 204 g/mol. The summed E-state index contributed by atoms with van der Waals surface area (Å²) in [5.74, 6) is 0.900. The minimum atomic E-state index is -0.253. The molecule has 0 bridgehead atoms. The fourth-order valence-corrected chi connectivity index (χ4v) is 1.97. The molecule has 0 spiro atoms. The van der Waals surface area contributed by atoms with Gasteiger partial charge in [-0.2, -0.15) is 0 Å². The second-order valence-corrected chi connectivity index (χ2v) is 3.96. The Morgan fingerprint density at radius 2 is 2.13 bits per heavy atom. The van der Waals surface area contributed by atoms with Crippen LogP contribution in [-0.2, 0) is 6.42 Å². The Balaban J connectivity index is 2.31. The van der Waals surface area contributed by atoms with Gasteiger partial charge in [-0.15, -0.1) is 0 Å². The predicted octanol–water partition coefficient (Wildman–Crippen LogP) is 2.99. The van der Waals surface area contributed by atoms with Crippen LogP contribution < -0.4 is 4.74 Å². The van der Waals surface area contributed by atoms with Gasteiger partial charge in [0.1, 0.15) is 5.75 Å². The summed E-state index contributed by atoms with van der Waals surface area (Å²) in [6.45, 7) is 4.11. The van der Waals surface area contributed by atoms with Crippen molar-refractivity contribution in [1.82, 2.24) is 0 Å². The standard InChI is InChI=1S/C13H16O2/c1-3-5-9-6-7-12-10(8-9)13(14)11(4-2)15-12/h6-8,11H,3-5H2,1-2H3. The molecular weight excluding hydrogens is 188 g/mol. The SMILES string of the molecule is CCCc1ccc2c(c1)C(=O)C(CC)O2. The van der Waals surface area contributed by atoms with Crippen LogP contribution in [0.5, 0.6) is 5.75 Å². The summed E-state index contributed by atoms with van der Waals surface area (Å²) in [5.41, 5.74) is 2.00. The number of benzene rings is 1. The van der Waals surface area contributed by atoms with Crippen molar-refractivity contribution in [2.75, 3.05) is 0 Å². The van der Waals surface area contributed by atoms with E-state index < -0.39 is 0 Å². The van der Waals surface area contributed by atoms with E-state index >= 15 is 0 Å². The highest BCUT2D eigenvalue weighted by atomic mass is 16.5. The number of aryl methyl sites for hydroxylation is 1. The van der Waals surface area contributed by atoms with Crippen molar-refractivity contribution in [2.24, 2.45) is 0 Å². The van der Waals surface area contributed by atoms with Gasteiger partial charge in [0.05, 0.1) is 5.56 Å². The van der Waals surface area contributed by atoms with E-state index in [1.54, 1.807) is 0 Å². The minimum absolute atomic E-state index is 0.144. The molecule has 1 aliphatic heterocycles. The van der Waals surface area contributed by atoms with Gasteiger partial charge in [0.15, 0.2) is 6.10 Å². The molecule has 0 saturated carbocycles. The molecule has 1 aliphatic rings. The summed E-state index contributed by atoms with van der Waals surface area (Å²) in [6.07, 6.45) is 2.62. The number of ether oxygens (including phenoxy) is 1. The maximum atomic E-state index is 11.9. The van der Waals surface area contributed by atoms with Crippen LogP contribution in [0, 0.1) is 0 Å². The van der Waals surface area contributed by atoms with E-state index in [9.17, 15) is 4.79 Å². The lowest BCUT2D eigenvalue weighted by atomic mass is 10.0. The Morgan fingerprint density at radius 3 is 2.80 bits per heavy atom. The second-order valence-electron chi connectivity index (χ2n) is 3.96. The zero-order valence-electron chi connectivity index (χ0n) is 9.25. The van der Waals surface area contributed by atoms with Gasteiger partial charge in [0.2, 0.25) is 5.78 Å². The summed E-state index contributed by atoms with van der Waals surface area (Å²) in [6, 6.07) is 5.96. The number of ketones is 1. The summed E-state index contributed by atoms with van der Waals surface area (Å²) >= 11 is 0. The first-order chi connectivity index (χ1) is 7.26. The van der Waals surface area contributed by atoms with Crippen LogP contribution in [0.25, 0.3) is 0 Å². The Morgan fingerprint density at radius 1 is 1.33 bits per heavy atom. The number of fused-ring (bicyclic) bond motifs is 1. The second kappa shape index (κ2) is 4.05. The van der Waals surface area contributed by atoms with Crippen molar-refractivity contribution in [2.45, 2.75) is 39.2 Å². The molecule has 1 unspecified atom stereocenters. The van der Waals surface area contributed by atoms with Crippen LogP contribution >= 0.6 is 0 Å². The molecule has 1 heterocycles. The van der Waals surface area contributed by atoms with Crippen LogP contribution in [0.15, 0.2) is 18.2 Å². The van der Waals surface area contributed by atoms with Gasteiger partial charge in [-0.1, -0.05) is 26.3 Å². The first-order valence-electron chi connectivity index (χ1n) is 5.60. The van der Waals surface area contributed by atoms with Crippen LogP contribution in [0.2, 0.25) is 0 Å². The fourth-order valence-electron chi connectivity index (χ4n) is 1.97. The Bertz CT molecular complexity index is 382. The predicted molar refractivity (Wildman–Crippen MR) is 59.5 cm³/mol. The topological polar surface area (TPSA) is 26.3 Å². The average Bonchev–Trinajstić information content (AvgIpc) is 2.56. The molecule has 1 aromatic rings. The largest absolute Gasteiger partial charge is 0.482 e. The van der Waals surface area contributed by atoms with E-state index in [1.807, 2.05) is 25.1 Å². The molecule has 2 nitrogen and oxygen atoms in total. The van der Waals surface area contributed by atoms with E-state index in [1.165, 1.54) is 5.56 Å². The van der Waals surface area contributed by atoms with Gasteiger partial charge in [-0.05, 0) is 30.5 Å². The van der Waals surface area contributed by atoms with Gasteiger partial charge in [0.25, 0.3) is 0 Å². The van der Waals surface area contributed by atoms with Crippen LogP contribution in [0.1, 0.15) is 42.6 Å². The van der Waals surface area contributed by atoms with Gasteiger partial charge in [-0.3, -0.25) is 4.79 Å². The quantitative estimate of drug-likeness (QED) is 0.756. The number of hydrogen-bond donors (Lipinski definition) is 0. The molecule has 0 saturated heterocycles. The molecule has 0 amide bonds. The molecule has 0 radical (unpaired) electrons. The maximum absolute atomic E-state index is 11.9. The number of Topliss-reactive ketones (excluding diaryl/α,β-unsaturated/α-hetero) is 1. The van der Waals surface area contributed by atoms with Crippen LogP contribution in [0.3, 0.4) is 0 Å². The Kier molecular flexibility index (Phi) is 2.76. The lowest BCUT2D eigenvalue weighted by Gasteiger charge is -2.04. The van der Waals surface area contributed by atoms with Gasteiger partial charge in [-0.25, -0.2) is 0 Å². The maximum Gasteiger partial charge on any atom is 0.207 e. The summed E-state index contributed by atoms with van der Waals surface area (Å²) in [5, 5.41) is 0. The fraction of sp³-hybridized carbons (Fsp3) is 0.462. The molecule has 15 heavy (non-hydrogen) atoms. The first kappa shape index (κ1) is 10.2. The molecule has 0 aromatic heterocycles. The molecule has 80 valence electrons. The molecule has 0 fully saturated rings.